The Kier molecular flexibility index (Phi) is 5.85. The summed E-state index contributed by atoms with van der Waals surface area (Å²) >= 11 is 1.23. The molecule has 1 atom stereocenters. The molecule has 1 aromatic heterocycles. The zero-order chi connectivity index (χ0) is 19.4. The van der Waals surface area contributed by atoms with Crippen molar-refractivity contribution >= 4 is 17.7 Å². The molecular formula is C19H18F2N4OS. The lowest BCUT2D eigenvalue weighted by atomic mass is 10.2. The van der Waals surface area contributed by atoms with E-state index in [0.29, 0.717) is 23.1 Å². The number of amides is 1. The molecule has 5 nitrogen and oxygen atoms in total. The van der Waals surface area contributed by atoms with E-state index in [1.165, 1.54) is 30.0 Å². The molecule has 0 aliphatic heterocycles. The first-order valence-electron chi connectivity index (χ1n) is 8.29. The van der Waals surface area contributed by atoms with Gasteiger partial charge in [0.15, 0.2) is 11.0 Å². The fourth-order valence-corrected chi connectivity index (χ4v) is 3.28. The molecule has 140 valence electrons. The lowest BCUT2D eigenvalue weighted by Gasteiger charge is -2.12. The van der Waals surface area contributed by atoms with Crippen molar-refractivity contribution in [2.24, 2.45) is 7.05 Å². The molecule has 0 radical (unpaired) electrons. The van der Waals surface area contributed by atoms with Gasteiger partial charge in [-0.05, 0) is 36.8 Å². The molecule has 0 saturated heterocycles. The highest BCUT2D eigenvalue weighted by atomic mass is 32.2. The van der Waals surface area contributed by atoms with Crippen LogP contribution in [-0.4, -0.2) is 25.9 Å². The Morgan fingerprint density at radius 3 is 2.56 bits per heavy atom. The van der Waals surface area contributed by atoms with Gasteiger partial charge < -0.3 is 9.88 Å². The second-order valence-electron chi connectivity index (χ2n) is 5.95. The number of hydrogen-bond donors (Lipinski definition) is 1. The van der Waals surface area contributed by atoms with E-state index in [2.05, 4.69) is 15.5 Å². The van der Waals surface area contributed by atoms with E-state index in [9.17, 15) is 13.6 Å². The minimum Gasteiger partial charge on any atom is -0.351 e. The predicted molar refractivity (Wildman–Crippen MR) is 100.0 cm³/mol. The third-order valence-electron chi connectivity index (χ3n) is 3.98. The summed E-state index contributed by atoms with van der Waals surface area (Å²) < 4.78 is 28.5. The monoisotopic (exact) mass is 388 g/mol. The van der Waals surface area contributed by atoms with Gasteiger partial charge in [0.1, 0.15) is 11.6 Å². The first kappa shape index (κ1) is 19.0. The minimum atomic E-state index is -0.429. The summed E-state index contributed by atoms with van der Waals surface area (Å²) in [5, 5.41) is 11.0. The number of benzene rings is 2. The quantitative estimate of drug-likeness (QED) is 0.656. The van der Waals surface area contributed by atoms with Crippen LogP contribution in [-0.2, 0) is 18.4 Å². The highest BCUT2D eigenvalue weighted by molar-refractivity contribution is 8.00. The zero-order valence-corrected chi connectivity index (χ0v) is 15.6. The van der Waals surface area contributed by atoms with Crippen LogP contribution in [0.2, 0.25) is 0 Å². The van der Waals surface area contributed by atoms with Gasteiger partial charge in [0.05, 0.1) is 10.8 Å². The molecule has 0 fully saturated rings. The van der Waals surface area contributed by atoms with Gasteiger partial charge in [0.2, 0.25) is 5.91 Å². The molecule has 1 heterocycles. The standard InChI is InChI=1S/C19H18F2N4OS/c1-12(18(26)22-11-13-7-9-14(20)10-8-13)27-19-24-23-17(25(19)2)15-5-3-4-6-16(15)21/h3-10,12H,11H2,1-2H3,(H,22,26). The summed E-state index contributed by atoms with van der Waals surface area (Å²) in [7, 11) is 1.73. The van der Waals surface area contributed by atoms with E-state index in [1.54, 1.807) is 48.9 Å². The number of hydrogen-bond acceptors (Lipinski definition) is 4. The highest BCUT2D eigenvalue weighted by Crippen LogP contribution is 2.27. The Labute approximate surface area is 159 Å². The van der Waals surface area contributed by atoms with Gasteiger partial charge in [-0.15, -0.1) is 10.2 Å². The molecule has 8 heteroatoms. The number of carbonyl (C=O) groups is 1. The Morgan fingerprint density at radius 1 is 1.15 bits per heavy atom. The topological polar surface area (TPSA) is 59.8 Å². The summed E-state index contributed by atoms with van der Waals surface area (Å²) in [6, 6.07) is 12.3. The van der Waals surface area contributed by atoms with Crippen molar-refractivity contribution in [1.82, 2.24) is 20.1 Å². The molecule has 27 heavy (non-hydrogen) atoms. The Hall–Kier alpha value is -2.74. The summed E-state index contributed by atoms with van der Waals surface area (Å²) in [4.78, 5) is 12.3. The normalized spacial score (nSPS) is 12.0. The van der Waals surface area contributed by atoms with Crippen molar-refractivity contribution in [1.29, 1.82) is 0 Å². The number of carbonyl (C=O) groups excluding carboxylic acids is 1. The maximum atomic E-state index is 14.0. The Bertz CT molecular complexity index is 943. The first-order chi connectivity index (χ1) is 13.0. The zero-order valence-electron chi connectivity index (χ0n) is 14.8. The van der Waals surface area contributed by atoms with Gasteiger partial charge in [-0.25, -0.2) is 8.78 Å². The van der Waals surface area contributed by atoms with Crippen molar-refractivity contribution in [3.63, 3.8) is 0 Å². The van der Waals surface area contributed by atoms with Crippen LogP contribution < -0.4 is 5.32 Å². The third kappa shape index (κ3) is 4.51. The predicted octanol–water partition coefficient (Wildman–Crippen LogP) is 3.56. The number of nitrogens with zero attached hydrogens (tertiary/aromatic N) is 3. The summed E-state index contributed by atoms with van der Waals surface area (Å²) in [5.74, 6) is -0.481. The molecule has 1 N–H and O–H groups in total. The van der Waals surface area contributed by atoms with Gasteiger partial charge in [0, 0.05) is 13.6 Å². The van der Waals surface area contributed by atoms with E-state index < -0.39 is 5.25 Å². The molecule has 3 rings (SSSR count). The average molecular weight is 388 g/mol. The van der Waals surface area contributed by atoms with Crippen LogP contribution in [0.3, 0.4) is 0 Å². The fourth-order valence-electron chi connectivity index (χ4n) is 2.44. The van der Waals surface area contributed by atoms with Crippen molar-refractivity contribution in [2.75, 3.05) is 0 Å². The van der Waals surface area contributed by atoms with Gasteiger partial charge in [-0.1, -0.05) is 36.0 Å². The van der Waals surface area contributed by atoms with Gasteiger partial charge in [-0.3, -0.25) is 4.79 Å². The lowest BCUT2D eigenvalue weighted by molar-refractivity contribution is -0.120. The maximum absolute atomic E-state index is 14.0. The molecule has 0 bridgehead atoms. The number of rotatable bonds is 6. The number of halogens is 2. The molecule has 0 spiro atoms. The van der Waals surface area contributed by atoms with Crippen LogP contribution in [0.25, 0.3) is 11.4 Å². The first-order valence-corrected chi connectivity index (χ1v) is 9.17. The molecule has 0 aliphatic rings. The van der Waals surface area contributed by atoms with Crippen LogP contribution in [0.15, 0.2) is 53.7 Å². The van der Waals surface area contributed by atoms with E-state index in [1.807, 2.05) is 0 Å². The summed E-state index contributed by atoms with van der Waals surface area (Å²) in [5.41, 5.74) is 1.16. The van der Waals surface area contributed by atoms with Gasteiger partial charge in [0.25, 0.3) is 0 Å². The van der Waals surface area contributed by atoms with E-state index in [0.717, 1.165) is 5.56 Å². The van der Waals surface area contributed by atoms with Crippen LogP contribution in [0, 0.1) is 11.6 Å². The molecular weight excluding hydrogens is 370 g/mol. The molecule has 0 aliphatic carbocycles. The summed E-state index contributed by atoms with van der Waals surface area (Å²) in [6.45, 7) is 2.06. The minimum absolute atomic E-state index is 0.181. The fraction of sp³-hybridized carbons (Fsp3) is 0.211. The second kappa shape index (κ2) is 8.30. The molecule has 1 amide bonds. The van der Waals surface area contributed by atoms with E-state index in [4.69, 9.17) is 0 Å². The molecule has 2 aromatic carbocycles. The van der Waals surface area contributed by atoms with Crippen LogP contribution >= 0.6 is 11.8 Å². The van der Waals surface area contributed by atoms with Crippen LogP contribution in [0.4, 0.5) is 8.78 Å². The van der Waals surface area contributed by atoms with Crippen LogP contribution in [0.5, 0.6) is 0 Å². The number of nitrogens with one attached hydrogen (secondary N) is 1. The lowest BCUT2D eigenvalue weighted by Crippen LogP contribution is -2.30. The van der Waals surface area contributed by atoms with Crippen molar-refractivity contribution < 1.29 is 13.6 Å². The van der Waals surface area contributed by atoms with Crippen molar-refractivity contribution in [3.05, 3.63) is 65.7 Å². The molecule has 3 aromatic rings. The van der Waals surface area contributed by atoms with E-state index in [-0.39, 0.29) is 17.5 Å². The molecule has 1 unspecified atom stereocenters. The average Bonchev–Trinajstić information content (AvgIpc) is 3.01. The summed E-state index contributed by atoms with van der Waals surface area (Å²) in [6.07, 6.45) is 0. The van der Waals surface area contributed by atoms with E-state index >= 15 is 0 Å². The van der Waals surface area contributed by atoms with Gasteiger partial charge >= 0.3 is 0 Å². The largest absolute Gasteiger partial charge is 0.351 e. The highest BCUT2D eigenvalue weighted by Gasteiger charge is 2.20. The molecule has 0 saturated carbocycles. The van der Waals surface area contributed by atoms with Crippen molar-refractivity contribution in [3.8, 4) is 11.4 Å². The van der Waals surface area contributed by atoms with Crippen molar-refractivity contribution in [2.45, 2.75) is 23.9 Å². The Morgan fingerprint density at radius 2 is 1.85 bits per heavy atom. The smallest absolute Gasteiger partial charge is 0.233 e. The van der Waals surface area contributed by atoms with Gasteiger partial charge in [-0.2, -0.15) is 0 Å². The second-order valence-corrected chi connectivity index (χ2v) is 7.26. The number of aromatic nitrogens is 3. The SMILES string of the molecule is CC(Sc1nnc(-c2ccccc2F)n1C)C(=O)NCc1ccc(F)cc1. The maximum Gasteiger partial charge on any atom is 0.233 e. The third-order valence-corrected chi connectivity index (χ3v) is 5.12. The van der Waals surface area contributed by atoms with Crippen LogP contribution in [0.1, 0.15) is 12.5 Å². The Balaban J connectivity index is 1.64. The number of thioether (sulfide) groups is 1.